The Morgan fingerprint density at radius 1 is 0.733 bits per heavy atom. The summed E-state index contributed by atoms with van der Waals surface area (Å²) >= 11 is 0. The first kappa shape index (κ1) is 31.4. The third kappa shape index (κ3) is 6.31. The second-order valence-electron chi connectivity index (χ2n) is 10.6. The summed E-state index contributed by atoms with van der Waals surface area (Å²) in [6.45, 7) is 7.48. The lowest BCUT2D eigenvalue weighted by Gasteiger charge is -2.16. The summed E-state index contributed by atoms with van der Waals surface area (Å²) in [5, 5.41) is 4.70. The average Bonchev–Trinajstić information content (AvgIpc) is 3.01. The molecule has 0 aliphatic heterocycles. The third-order valence-electron chi connectivity index (χ3n) is 7.93. The van der Waals surface area contributed by atoms with E-state index in [0.717, 1.165) is 34.7 Å². The lowest BCUT2D eigenvalue weighted by atomic mass is 9.89. The van der Waals surface area contributed by atoms with Crippen molar-refractivity contribution in [2.24, 2.45) is 0 Å². The van der Waals surface area contributed by atoms with Gasteiger partial charge in [-0.15, -0.1) is 0 Å². The Bertz CT molecular complexity index is 2180. The van der Waals surface area contributed by atoms with Gasteiger partial charge in [0.15, 0.2) is 23.4 Å². The van der Waals surface area contributed by atoms with Crippen LogP contribution >= 0.6 is 0 Å². The number of nitrogens with zero attached hydrogens (tertiary/aromatic N) is 1. The maximum absolute atomic E-state index is 9.66. The first-order chi connectivity index (χ1) is 21.4. The lowest BCUT2D eigenvalue weighted by molar-refractivity contribution is -0.516. The van der Waals surface area contributed by atoms with Crippen molar-refractivity contribution < 1.29 is 35.8 Å². The molecule has 4 aromatic carbocycles. The monoisotopic (exact) mass is 623 g/mol. The molecule has 0 amide bonds. The molecule has 45 heavy (non-hydrogen) atoms. The number of hydrogen-bond acceptors (Lipinski definition) is 7. The van der Waals surface area contributed by atoms with Crippen LogP contribution in [0.5, 0.6) is 11.5 Å². The number of fused-ring (bicyclic) bond motifs is 4. The summed E-state index contributed by atoms with van der Waals surface area (Å²) < 4.78 is 45.2. The molecular weight excluding hydrogens is 590 g/mol. The van der Waals surface area contributed by atoms with Crippen LogP contribution in [-0.4, -0.2) is 33.2 Å². The molecule has 0 fully saturated rings. The van der Waals surface area contributed by atoms with Crippen molar-refractivity contribution in [1.82, 2.24) is 0 Å². The van der Waals surface area contributed by atoms with Crippen LogP contribution in [-0.2, 0) is 19.4 Å². The molecule has 9 heteroatoms. The Morgan fingerprint density at radius 3 is 1.96 bits per heavy atom. The van der Waals surface area contributed by atoms with Crippen LogP contribution < -0.4 is 13.9 Å². The van der Waals surface area contributed by atoms with Gasteiger partial charge >= 0.3 is 5.97 Å². The van der Waals surface area contributed by atoms with Crippen molar-refractivity contribution in [3.05, 3.63) is 108 Å². The molecular formula is C36H33NO7S. The van der Waals surface area contributed by atoms with Crippen molar-refractivity contribution in [3.63, 3.8) is 0 Å². The molecule has 8 nitrogen and oxygen atoms in total. The third-order valence-corrected chi connectivity index (χ3v) is 8.37. The van der Waals surface area contributed by atoms with E-state index in [1.807, 2.05) is 6.07 Å². The quantitative estimate of drug-likeness (QED) is 0.0668. The van der Waals surface area contributed by atoms with Crippen molar-refractivity contribution in [2.45, 2.75) is 27.7 Å². The Kier molecular flexibility index (Phi) is 8.77. The smallest absolute Gasteiger partial charge is 0.318 e. The van der Waals surface area contributed by atoms with Crippen LogP contribution in [0.2, 0.25) is 0 Å². The zero-order chi connectivity index (χ0) is 32.5. The van der Waals surface area contributed by atoms with Gasteiger partial charge in [-0.3, -0.25) is 4.79 Å². The van der Waals surface area contributed by atoms with Gasteiger partial charge in [0, 0.05) is 36.8 Å². The predicted molar refractivity (Wildman–Crippen MR) is 174 cm³/mol. The molecule has 6 rings (SSSR count). The number of aromatic nitrogens is 1. The van der Waals surface area contributed by atoms with Gasteiger partial charge in [-0.25, -0.2) is 8.42 Å². The first-order valence-corrected chi connectivity index (χ1v) is 15.5. The van der Waals surface area contributed by atoms with Crippen LogP contribution in [0.3, 0.4) is 0 Å². The van der Waals surface area contributed by atoms with Gasteiger partial charge in [-0.05, 0) is 65.4 Å². The minimum Gasteiger partial charge on any atom is -0.716 e. The van der Waals surface area contributed by atoms with E-state index in [1.165, 1.54) is 49.8 Å². The Morgan fingerprint density at radius 2 is 1.38 bits per heavy atom. The summed E-state index contributed by atoms with van der Waals surface area (Å²) in [6, 6.07) is 30.4. The maximum atomic E-state index is 9.66. The number of ether oxygens (including phenoxy) is 2. The predicted octanol–water partition coefficient (Wildman–Crippen LogP) is 7.02. The molecule has 0 unspecified atom stereocenters. The van der Waals surface area contributed by atoms with Crippen molar-refractivity contribution in [1.29, 1.82) is 0 Å². The van der Waals surface area contributed by atoms with E-state index < -0.39 is 16.4 Å². The maximum Gasteiger partial charge on any atom is 0.318 e. The van der Waals surface area contributed by atoms with Gasteiger partial charge in [0.25, 0.3) is 10.4 Å². The highest BCUT2D eigenvalue weighted by Crippen LogP contribution is 2.39. The standard InChI is InChI=1S/C34H30NO2.C2H4O5S/c1-21-19-29-23(3)35-18-17-28-27(15-16-32(36-4)34(28)37-5)31(35)20-30(29)33(22(21)2)26-13-11-25(12-14-26)24-9-7-6-8-10-24;1-2(3)7-8(4,5)6/h6-20H,1-5H3;1H3,(H,4,5,6)/q+1;/p-1. The second kappa shape index (κ2) is 12.6. The highest BCUT2D eigenvalue weighted by atomic mass is 32.3. The molecule has 0 spiro atoms. The Hall–Kier alpha value is -4.99. The molecule has 0 aliphatic carbocycles. The van der Waals surface area contributed by atoms with Gasteiger partial charge in [-0.1, -0.05) is 54.6 Å². The summed E-state index contributed by atoms with van der Waals surface area (Å²) in [7, 11) is -1.45. The molecule has 0 saturated heterocycles. The number of methoxy groups -OCH3 is 2. The van der Waals surface area contributed by atoms with Crippen molar-refractivity contribution in [3.8, 4) is 33.8 Å². The zero-order valence-electron chi connectivity index (χ0n) is 25.9. The molecule has 6 aromatic rings. The molecule has 0 atom stereocenters. The summed E-state index contributed by atoms with van der Waals surface area (Å²) in [6.07, 6.45) is 2.14. The first-order valence-electron chi connectivity index (χ1n) is 14.2. The second-order valence-corrected chi connectivity index (χ2v) is 11.6. The number of benzene rings is 4. The topological polar surface area (TPSA) is 106 Å². The molecule has 2 heterocycles. The molecule has 230 valence electrons. The molecule has 0 N–H and O–H groups in total. The van der Waals surface area contributed by atoms with Crippen molar-refractivity contribution in [2.75, 3.05) is 14.2 Å². The molecule has 0 bridgehead atoms. The van der Waals surface area contributed by atoms with Gasteiger partial charge in [-0.2, -0.15) is 4.40 Å². The fraction of sp³-hybridized carbons (Fsp3) is 0.167. The highest BCUT2D eigenvalue weighted by molar-refractivity contribution is 7.81. The number of pyridine rings is 2. The van der Waals surface area contributed by atoms with E-state index in [1.54, 1.807) is 14.2 Å². The normalized spacial score (nSPS) is 11.3. The number of carbonyl (C=O) groups excluding carboxylic acids is 1. The number of aryl methyl sites for hydroxylation is 2. The van der Waals surface area contributed by atoms with Gasteiger partial charge in [0.2, 0.25) is 5.52 Å². The van der Waals surface area contributed by atoms with E-state index in [9.17, 15) is 17.8 Å². The summed E-state index contributed by atoms with van der Waals surface area (Å²) in [4.78, 5) is 9.66. The fourth-order valence-electron chi connectivity index (χ4n) is 5.77. The highest BCUT2D eigenvalue weighted by Gasteiger charge is 2.21. The summed E-state index contributed by atoms with van der Waals surface area (Å²) in [5.74, 6) is 0.375. The lowest BCUT2D eigenvalue weighted by Crippen LogP contribution is -2.26. The average molecular weight is 624 g/mol. The van der Waals surface area contributed by atoms with E-state index in [0.29, 0.717) is 0 Å². The fourth-order valence-corrected chi connectivity index (χ4v) is 6.05. The van der Waals surface area contributed by atoms with Crippen LogP contribution in [0.25, 0.3) is 49.3 Å². The Balaban J connectivity index is 0.000000444. The molecule has 0 radical (unpaired) electrons. The SMILES string of the molecule is CC(=O)OS(=O)(=O)[O-].COc1ccc2c(cc[n+]3c(C)c4cc(C)c(C)c(-c5ccc(-c6ccccc6)cc5)c4cc23)c1OC. The zero-order valence-corrected chi connectivity index (χ0v) is 26.7. The molecule has 0 saturated carbocycles. The minimum absolute atomic E-state index is 0.738. The number of hydrogen-bond donors (Lipinski definition) is 0. The largest absolute Gasteiger partial charge is 0.716 e. The molecule has 0 aliphatic rings. The van der Waals surface area contributed by atoms with E-state index >= 15 is 0 Å². The molecule has 2 aromatic heterocycles. The minimum atomic E-state index is -4.82. The van der Waals surface area contributed by atoms with Crippen LogP contribution in [0, 0.1) is 20.8 Å². The van der Waals surface area contributed by atoms with Gasteiger partial charge in [0.1, 0.15) is 0 Å². The van der Waals surface area contributed by atoms with Crippen molar-refractivity contribution >= 4 is 43.4 Å². The van der Waals surface area contributed by atoms with Crippen LogP contribution in [0.4, 0.5) is 0 Å². The van der Waals surface area contributed by atoms with Crippen LogP contribution in [0.1, 0.15) is 23.7 Å². The summed E-state index contributed by atoms with van der Waals surface area (Å²) in [5.41, 5.74) is 9.94. The number of carbonyl (C=O) groups is 1. The van der Waals surface area contributed by atoms with E-state index in [2.05, 4.69) is 114 Å². The van der Waals surface area contributed by atoms with E-state index in [-0.39, 0.29) is 0 Å². The van der Waals surface area contributed by atoms with Gasteiger partial charge in [0.05, 0.1) is 25.0 Å². The van der Waals surface area contributed by atoms with Gasteiger partial charge < -0.3 is 18.2 Å². The Labute approximate surface area is 262 Å². The number of rotatable bonds is 5. The van der Waals surface area contributed by atoms with E-state index in [4.69, 9.17) is 9.47 Å². The van der Waals surface area contributed by atoms with Crippen LogP contribution in [0.15, 0.2) is 91.1 Å².